The lowest BCUT2D eigenvalue weighted by Gasteiger charge is -2.18. The highest BCUT2D eigenvalue weighted by atomic mass is 127. The lowest BCUT2D eigenvalue weighted by Crippen LogP contribution is -3.00. The van der Waals surface area contributed by atoms with E-state index in [2.05, 4.69) is 115 Å². The lowest BCUT2D eigenvalue weighted by molar-refractivity contribution is -0.666. The standard InChI is InChI=1S/C29H28N3O.HI/c1-5-31-26-16-19(2)20(3)17-27(26)33-28(31)15-14-23-22-11-7-6-10-21(22)18-32-25-13-9-8-12-24(25)30(4)29(23)32;/h6-17H,5,18H2,1-4H3;1H/q+1;/p-1. The number of hydrogen-bond acceptors (Lipinski definition) is 2. The van der Waals surface area contributed by atoms with Crippen molar-refractivity contribution in [2.45, 2.75) is 27.3 Å². The minimum Gasteiger partial charge on any atom is -1.00 e. The molecule has 172 valence electrons. The Morgan fingerprint density at radius 1 is 0.971 bits per heavy atom. The molecule has 6 rings (SSSR count). The van der Waals surface area contributed by atoms with E-state index in [1.54, 1.807) is 0 Å². The molecule has 0 atom stereocenters. The Balaban J connectivity index is 0.00000241. The largest absolute Gasteiger partial charge is 1.00 e. The second-order valence-corrected chi connectivity index (χ2v) is 8.95. The number of rotatable bonds is 2. The van der Waals surface area contributed by atoms with Gasteiger partial charge in [-0.1, -0.05) is 36.4 Å². The van der Waals surface area contributed by atoms with Crippen molar-refractivity contribution in [3.63, 3.8) is 0 Å². The van der Waals surface area contributed by atoms with Gasteiger partial charge in [-0.15, -0.1) is 0 Å². The molecule has 0 N–H and O–H groups in total. The highest BCUT2D eigenvalue weighted by molar-refractivity contribution is 5.84. The summed E-state index contributed by atoms with van der Waals surface area (Å²) in [7, 11) is 2.16. The maximum atomic E-state index is 6.33. The number of hydrogen-bond donors (Lipinski definition) is 0. The van der Waals surface area contributed by atoms with Gasteiger partial charge in [-0.25, -0.2) is 9.13 Å². The molecule has 0 radical (unpaired) electrons. The normalized spacial score (nSPS) is 16.3. The van der Waals surface area contributed by atoms with Crippen LogP contribution < -0.4 is 38.2 Å². The summed E-state index contributed by atoms with van der Waals surface area (Å²) in [6.07, 6.45) is 4.36. The van der Waals surface area contributed by atoms with E-state index in [0.29, 0.717) is 0 Å². The first-order valence-electron chi connectivity index (χ1n) is 11.6. The van der Waals surface area contributed by atoms with Gasteiger partial charge in [0.2, 0.25) is 5.88 Å². The fraction of sp³-hybridized carbons (Fsp3) is 0.207. The van der Waals surface area contributed by atoms with Crippen LogP contribution in [0.2, 0.25) is 0 Å². The maximum Gasteiger partial charge on any atom is 0.290 e. The third kappa shape index (κ3) is 3.36. The number of fused-ring (bicyclic) bond motifs is 5. The Morgan fingerprint density at radius 3 is 2.53 bits per heavy atom. The SMILES string of the molecule is CCN1C(=CC=C2c3ccccc3C[n+]3c2n(C)c2ccccc23)Oc2cc(C)c(C)cc21.[I-]. The molecule has 4 nitrogen and oxygen atoms in total. The Morgan fingerprint density at radius 2 is 1.71 bits per heavy atom. The smallest absolute Gasteiger partial charge is 0.290 e. The van der Waals surface area contributed by atoms with Crippen molar-refractivity contribution in [2.75, 3.05) is 11.4 Å². The van der Waals surface area contributed by atoms with E-state index in [9.17, 15) is 0 Å². The van der Waals surface area contributed by atoms with Gasteiger partial charge in [0, 0.05) is 12.1 Å². The molecule has 0 saturated carbocycles. The first-order valence-corrected chi connectivity index (χ1v) is 11.6. The van der Waals surface area contributed by atoms with Crippen LogP contribution in [0, 0.1) is 13.8 Å². The molecular weight excluding hydrogens is 533 g/mol. The fourth-order valence-corrected chi connectivity index (χ4v) is 5.21. The molecule has 0 spiro atoms. The third-order valence-electron chi connectivity index (χ3n) is 7.04. The van der Waals surface area contributed by atoms with E-state index >= 15 is 0 Å². The van der Waals surface area contributed by atoms with Crippen LogP contribution in [-0.2, 0) is 13.6 Å². The fourth-order valence-electron chi connectivity index (χ4n) is 5.21. The zero-order chi connectivity index (χ0) is 22.7. The van der Waals surface area contributed by atoms with Gasteiger partial charge in [0.05, 0.1) is 18.3 Å². The molecule has 4 aromatic rings. The average molecular weight is 561 g/mol. The summed E-state index contributed by atoms with van der Waals surface area (Å²) >= 11 is 0. The van der Waals surface area contributed by atoms with E-state index in [1.165, 1.54) is 44.7 Å². The molecule has 0 bridgehead atoms. The quantitative estimate of drug-likeness (QED) is 0.244. The van der Waals surface area contributed by atoms with Crippen LogP contribution in [-0.4, -0.2) is 11.1 Å². The van der Waals surface area contributed by atoms with E-state index in [1.807, 2.05) is 0 Å². The van der Waals surface area contributed by atoms with Crippen molar-refractivity contribution >= 4 is 22.3 Å². The van der Waals surface area contributed by atoms with Gasteiger partial charge >= 0.3 is 0 Å². The predicted octanol–water partition coefficient (Wildman–Crippen LogP) is 2.64. The Kier molecular flexibility index (Phi) is 5.76. The summed E-state index contributed by atoms with van der Waals surface area (Å²) in [4.78, 5) is 2.25. The second kappa shape index (κ2) is 8.62. The van der Waals surface area contributed by atoms with E-state index in [4.69, 9.17) is 4.74 Å². The van der Waals surface area contributed by atoms with Crippen LogP contribution in [0.3, 0.4) is 0 Å². The van der Waals surface area contributed by atoms with Gasteiger partial charge < -0.3 is 33.6 Å². The summed E-state index contributed by atoms with van der Waals surface area (Å²) in [5.74, 6) is 3.03. The number of imidazole rings is 1. The van der Waals surface area contributed by atoms with Crippen LogP contribution in [0.4, 0.5) is 5.69 Å². The minimum atomic E-state index is 0. The summed E-state index contributed by atoms with van der Waals surface area (Å²) in [5, 5.41) is 0. The summed E-state index contributed by atoms with van der Waals surface area (Å²) in [5.41, 5.74) is 10.0. The minimum absolute atomic E-state index is 0. The summed E-state index contributed by atoms with van der Waals surface area (Å²) in [6.45, 7) is 8.20. The molecule has 0 unspecified atom stereocenters. The molecule has 0 amide bonds. The van der Waals surface area contributed by atoms with Gasteiger partial charge in [0.15, 0.2) is 16.8 Å². The van der Waals surface area contributed by atoms with Gasteiger partial charge in [-0.3, -0.25) is 0 Å². The number of aryl methyl sites for hydroxylation is 3. The predicted molar refractivity (Wildman–Crippen MR) is 133 cm³/mol. The maximum absolute atomic E-state index is 6.33. The van der Waals surface area contributed by atoms with E-state index in [0.717, 1.165) is 30.4 Å². The molecular formula is C29H28IN3O. The first-order chi connectivity index (χ1) is 16.1. The molecule has 0 saturated heterocycles. The number of halogens is 1. The molecule has 3 aromatic carbocycles. The Hall–Kier alpha value is -3.06. The molecule has 2 aliphatic heterocycles. The highest BCUT2D eigenvalue weighted by Gasteiger charge is 2.32. The van der Waals surface area contributed by atoms with E-state index in [-0.39, 0.29) is 24.0 Å². The van der Waals surface area contributed by atoms with Crippen LogP contribution in [0.15, 0.2) is 78.7 Å². The van der Waals surface area contributed by atoms with Crippen molar-refractivity contribution in [1.29, 1.82) is 0 Å². The molecule has 1 aromatic heterocycles. The van der Waals surface area contributed by atoms with Crippen molar-refractivity contribution in [3.8, 4) is 5.75 Å². The third-order valence-corrected chi connectivity index (χ3v) is 7.04. The monoisotopic (exact) mass is 561 g/mol. The van der Waals surface area contributed by atoms with Gasteiger partial charge in [0.1, 0.15) is 6.54 Å². The molecule has 0 fully saturated rings. The van der Waals surface area contributed by atoms with E-state index < -0.39 is 0 Å². The Bertz CT molecular complexity index is 1500. The van der Waals surface area contributed by atoms with Crippen molar-refractivity contribution < 1.29 is 33.3 Å². The topological polar surface area (TPSA) is 21.3 Å². The van der Waals surface area contributed by atoms with Crippen LogP contribution in [0.5, 0.6) is 5.75 Å². The van der Waals surface area contributed by atoms with Gasteiger partial charge in [0.25, 0.3) is 5.82 Å². The van der Waals surface area contributed by atoms with Crippen molar-refractivity contribution in [1.82, 2.24) is 4.57 Å². The number of nitrogens with zero attached hydrogens (tertiary/aromatic N) is 3. The van der Waals surface area contributed by atoms with Crippen LogP contribution in [0.1, 0.15) is 35.0 Å². The average Bonchev–Trinajstić information content (AvgIpc) is 3.31. The number of benzene rings is 3. The molecule has 5 heteroatoms. The number of allylic oxidation sites excluding steroid dienone is 2. The number of anilines is 1. The zero-order valence-corrected chi connectivity index (χ0v) is 22.1. The summed E-state index contributed by atoms with van der Waals surface area (Å²) < 4.78 is 11.1. The van der Waals surface area contributed by atoms with Gasteiger partial charge in [-0.05, 0) is 73.9 Å². The molecule has 3 heterocycles. The number of aromatic nitrogens is 2. The van der Waals surface area contributed by atoms with Crippen molar-refractivity contribution in [3.05, 3.63) is 107 Å². The number of para-hydroxylation sites is 2. The van der Waals surface area contributed by atoms with Crippen LogP contribution >= 0.6 is 0 Å². The lowest BCUT2D eigenvalue weighted by atomic mass is 9.95. The Labute approximate surface area is 217 Å². The highest BCUT2D eigenvalue weighted by Crippen LogP contribution is 2.41. The van der Waals surface area contributed by atoms with Gasteiger partial charge in [-0.2, -0.15) is 0 Å². The zero-order valence-electron chi connectivity index (χ0n) is 20.0. The summed E-state index contributed by atoms with van der Waals surface area (Å²) in [6, 6.07) is 21.7. The van der Waals surface area contributed by atoms with Crippen LogP contribution in [0.25, 0.3) is 16.6 Å². The second-order valence-electron chi connectivity index (χ2n) is 8.95. The number of ether oxygens (including phenoxy) is 1. The molecule has 0 aliphatic carbocycles. The molecule has 34 heavy (non-hydrogen) atoms. The molecule has 2 aliphatic rings. The first kappa shape index (κ1) is 22.7. The van der Waals surface area contributed by atoms with Crippen molar-refractivity contribution in [2.24, 2.45) is 7.05 Å².